The first-order valence-corrected chi connectivity index (χ1v) is 7.76. The predicted molar refractivity (Wildman–Crippen MR) is 83.2 cm³/mol. The minimum Gasteiger partial charge on any atom is -0.478 e. The summed E-state index contributed by atoms with van der Waals surface area (Å²) in [4.78, 5) is 15.7. The van der Waals surface area contributed by atoms with Crippen molar-refractivity contribution in [1.29, 1.82) is 5.26 Å². The van der Waals surface area contributed by atoms with Gasteiger partial charge in [0.1, 0.15) is 11.3 Å². The number of aromatic nitrogens is 2. The lowest BCUT2D eigenvalue weighted by Gasteiger charge is -2.15. The van der Waals surface area contributed by atoms with Crippen molar-refractivity contribution in [2.45, 2.75) is 31.7 Å². The van der Waals surface area contributed by atoms with Crippen LogP contribution in [0.25, 0.3) is 11.0 Å². The number of alkyl halides is 1. The molecule has 0 atom stereocenters. The number of hydrogen-bond donors (Lipinski definition) is 1. The first kappa shape index (κ1) is 15.1. The van der Waals surface area contributed by atoms with E-state index in [0.29, 0.717) is 34.8 Å². The third-order valence-corrected chi connectivity index (χ3v) is 4.68. The number of rotatable bonds is 5. The maximum Gasteiger partial charge on any atom is 0.335 e. The van der Waals surface area contributed by atoms with Crippen molar-refractivity contribution in [2.24, 2.45) is 5.41 Å². The number of carboxylic acid groups (broad SMARTS) is 1. The van der Waals surface area contributed by atoms with Gasteiger partial charge in [0.15, 0.2) is 0 Å². The number of carbonyl (C=O) groups is 1. The molecule has 1 saturated carbocycles. The van der Waals surface area contributed by atoms with Crippen molar-refractivity contribution in [3.8, 4) is 6.07 Å². The predicted octanol–water partition coefficient (Wildman–Crippen LogP) is 3.82. The fourth-order valence-electron chi connectivity index (χ4n) is 2.70. The molecular formula is C15H13Cl2N3O2. The number of fused-ring (bicyclic) bond motifs is 1. The highest BCUT2D eigenvalue weighted by Gasteiger charge is 2.43. The molecule has 0 unspecified atom stereocenters. The number of imidazole rings is 1. The Morgan fingerprint density at radius 2 is 2.23 bits per heavy atom. The van der Waals surface area contributed by atoms with Crippen LogP contribution in [0.5, 0.6) is 0 Å². The molecule has 0 radical (unpaired) electrons. The molecule has 2 aromatic rings. The Hall–Kier alpha value is -1.77. The van der Waals surface area contributed by atoms with E-state index in [2.05, 4.69) is 11.1 Å². The van der Waals surface area contributed by atoms with E-state index in [1.165, 1.54) is 6.07 Å². The van der Waals surface area contributed by atoms with Crippen molar-refractivity contribution >= 4 is 40.2 Å². The standard InChI is InChI=1S/C15H13Cl2N3O2/c16-7-12-19-13-10(17)5-9(14(21)22)6-11(13)20(12)8-15(1-2-15)3-4-18/h5-6H,1-3,7-8H2,(H,21,22). The van der Waals surface area contributed by atoms with Crippen molar-refractivity contribution in [3.05, 3.63) is 28.5 Å². The van der Waals surface area contributed by atoms with Crippen molar-refractivity contribution in [1.82, 2.24) is 9.55 Å². The lowest BCUT2D eigenvalue weighted by Crippen LogP contribution is -2.13. The molecule has 0 aliphatic heterocycles. The van der Waals surface area contributed by atoms with E-state index in [-0.39, 0.29) is 16.9 Å². The second-order valence-electron chi connectivity index (χ2n) is 5.71. The maximum atomic E-state index is 11.2. The molecule has 1 fully saturated rings. The van der Waals surface area contributed by atoms with Crippen LogP contribution in [0.15, 0.2) is 12.1 Å². The summed E-state index contributed by atoms with van der Waals surface area (Å²) in [7, 11) is 0. The highest BCUT2D eigenvalue weighted by atomic mass is 35.5. The van der Waals surface area contributed by atoms with Gasteiger partial charge in [0.05, 0.1) is 28.1 Å². The molecule has 5 nitrogen and oxygen atoms in total. The second-order valence-corrected chi connectivity index (χ2v) is 6.39. The van der Waals surface area contributed by atoms with E-state index in [9.17, 15) is 9.90 Å². The second kappa shape index (κ2) is 5.45. The minimum absolute atomic E-state index is 0.0467. The Balaban J connectivity index is 2.15. The van der Waals surface area contributed by atoms with Gasteiger partial charge in [0, 0.05) is 18.4 Å². The zero-order valence-electron chi connectivity index (χ0n) is 11.6. The van der Waals surface area contributed by atoms with Gasteiger partial charge in [-0.3, -0.25) is 0 Å². The number of nitrogens with zero attached hydrogens (tertiary/aromatic N) is 3. The molecule has 0 amide bonds. The molecule has 1 aliphatic carbocycles. The first-order valence-electron chi connectivity index (χ1n) is 6.84. The van der Waals surface area contributed by atoms with Crippen LogP contribution in [0.1, 0.15) is 35.4 Å². The largest absolute Gasteiger partial charge is 0.478 e. The van der Waals surface area contributed by atoms with Gasteiger partial charge in [-0.05, 0) is 25.0 Å². The van der Waals surface area contributed by atoms with Crippen LogP contribution in [0.3, 0.4) is 0 Å². The minimum atomic E-state index is -1.04. The van der Waals surface area contributed by atoms with E-state index in [0.717, 1.165) is 12.8 Å². The van der Waals surface area contributed by atoms with Gasteiger partial charge in [0.25, 0.3) is 0 Å². The zero-order valence-corrected chi connectivity index (χ0v) is 13.2. The van der Waals surface area contributed by atoms with E-state index in [1.54, 1.807) is 6.07 Å². The average Bonchev–Trinajstić information content (AvgIpc) is 3.14. The Bertz CT molecular complexity index is 803. The van der Waals surface area contributed by atoms with Crippen LogP contribution in [0, 0.1) is 16.7 Å². The van der Waals surface area contributed by atoms with E-state index >= 15 is 0 Å². The molecule has 1 aromatic heterocycles. The summed E-state index contributed by atoms with van der Waals surface area (Å²) < 4.78 is 1.91. The van der Waals surface area contributed by atoms with Gasteiger partial charge in [-0.2, -0.15) is 5.26 Å². The summed E-state index contributed by atoms with van der Waals surface area (Å²) in [6.07, 6.45) is 2.43. The average molecular weight is 338 g/mol. The van der Waals surface area contributed by atoms with Crippen LogP contribution in [-0.2, 0) is 12.4 Å². The van der Waals surface area contributed by atoms with Gasteiger partial charge in [-0.1, -0.05) is 11.6 Å². The SMILES string of the molecule is N#CCC1(Cn2c(CCl)nc3c(Cl)cc(C(=O)O)cc32)CC1. The molecule has 1 aliphatic rings. The van der Waals surface area contributed by atoms with Crippen LogP contribution in [0.2, 0.25) is 5.02 Å². The van der Waals surface area contributed by atoms with Crippen LogP contribution < -0.4 is 0 Å². The molecule has 1 heterocycles. The van der Waals surface area contributed by atoms with E-state index < -0.39 is 5.97 Å². The topological polar surface area (TPSA) is 78.9 Å². The summed E-state index contributed by atoms with van der Waals surface area (Å²) in [6, 6.07) is 5.18. The lowest BCUT2D eigenvalue weighted by molar-refractivity contribution is 0.0697. The third-order valence-electron chi connectivity index (χ3n) is 4.16. The van der Waals surface area contributed by atoms with Crippen LogP contribution >= 0.6 is 23.2 Å². The molecule has 1 N–H and O–H groups in total. The summed E-state index contributed by atoms with van der Waals surface area (Å²) in [5, 5.41) is 18.5. The smallest absolute Gasteiger partial charge is 0.335 e. The molecule has 114 valence electrons. The van der Waals surface area contributed by atoms with E-state index in [1.807, 2.05) is 4.57 Å². The normalized spacial score (nSPS) is 15.7. The Morgan fingerprint density at radius 3 is 2.77 bits per heavy atom. The number of aromatic carboxylic acids is 1. The number of carboxylic acids is 1. The third kappa shape index (κ3) is 2.53. The quantitative estimate of drug-likeness (QED) is 0.841. The molecule has 0 saturated heterocycles. The van der Waals surface area contributed by atoms with Gasteiger partial charge >= 0.3 is 5.97 Å². The molecule has 1 aromatic carbocycles. The molecule has 3 rings (SSSR count). The number of halogens is 2. The number of benzene rings is 1. The summed E-state index contributed by atoms with van der Waals surface area (Å²) in [6.45, 7) is 0.610. The fourth-order valence-corrected chi connectivity index (χ4v) is 3.16. The molecule has 0 bridgehead atoms. The van der Waals surface area contributed by atoms with Crippen molar-refractivity contribution in [2.75, 3.05) is 0 Å². The number of hydrogen-bond acceptors (Lipinski definition) is 3. The lowest BCUT2D eigenvalue weighted by atomic mass is 10.0. The highest BCUT2D eigenvalue weighted by Crippen LogP contribution is 2.50. The van der Waals surface area contributed by atoms with Crippen molar-refractivity contribution < 1.29 is 9.90 Å². The Labute approximate surface area is 137 Å². The van der Waals surface area contributed by atoms with Crippen molar-refractivity contribution in [3.63, 3.8) is 0 Å². The van der Waals surface area contributed by atoms with Crippen LogP contribution in [0.4, 0.5) is 0 Å². The molecule has 0 spiro atoms. The first-order chi connectivity index (χ1) is 10.5. The Kier molecular flexibility index (Phi) is 3.75. The molecule has 7 heteroatoms. The highest BCUT2D eigenvalue weighted by molar-refractivity contribution is 6.35. The summed E-state index contributed by atoms with van der Waals surface area (Å²) in [5.41, 5.74) is 1.28. The Morgan fingerprint density at radius 1 is 1.50 bits per heavy atom. The zero-order chi connectivity index (χ0) is 15.9. The molecule has 22 heavy (non-hydrogen) atoms. The van der Waals surface area contributed by atoms with Gasteiger partial charge in [-0.15, -0.1) is 11.6 Å². The summed E-state index contributed by atoms with van der Waals surface area (Å²) in [5.74, 6) is -0.191. The van der Waals surface area contributed by atoms with Crippen LogP contribution in [-0.4, -0.2) is 20.6 Å². The van der Waals surface area contributed by atoms with Gasteiger partial charge < -0.3 is 9.67 Å². The number of nitriles is 1. The molecular weight excluding hydrogens is 325 g/mol. The summed E-state index contributed by atoms with van der Waals surface area (Å²) >= 11 is 12.1. The maximum absolute atomic E-state index is 11.2. The van der Waals surface area contributed by atoms with Gasteiger partial charge in [0.2, 0.25) is 0 Å². The van der Waals surface area contributed by atoms with Gasteiger partial charge in [-0.25, -0.2) is 9.78 Å². The fraction of sp³-hybridized carbons (Fsp3) is 0.400. The monoisotopic (exact) mass is 337 g/mol. The van der Waals surface area contributed by atoms with E-state index in [4.69, 9.17) is 28.5 Å².